The molecule has 0 saturated carbocycles. The second-order valence-corrected chi connectivity index (χ2v) is 9.52. The van der Waals surface area contributed by atoms with Gasteiger partial charge in [0.15, 0.2) is 5.75 Å². The molecule has 0 saturated heterocycles. The number of hydrogen-bond donors (Lipinski definition) is 0. The summed E-state index contributed by atoms with van der Waals surface area (Å²) in [4.78, 5) is 35.8. The van der Waals surface area contributed by atoms with Gasteiger partial charge in [0.1, 0.15) is 11.3 Å². The van der Waals surface area contributed by atoms with Crippen LogP contribution in [-0.4, -0.2) is 23.8 Å². The molecular formula is C29H28BrNO5. The second-order valence-electron chi connectivity index (χ2n) is 8.66. The van der Waals surface area contributed by atoms with Gasteiger partial charge in [-0.15, -0.1) is 0 Å². The zero-order valence-electron chi connectivity index (χ0n) is 20.5. The number of fused-ring (bicyclic) bond motifs is 1. The Hall–Kier alpha value is -3.58. The number of nitrogens with zero attached hydrogens (tertiary/aromatic N) is 1. The van der Waals surface area contributed by atoms with Crippen LogP contribution in [0, 0.1) is 0 Å². The smallest absolute Gasteiger partial charge is 0.352 e. The quantitative estimate of drug-likeness (QED) is 0.161. The zero-order chi connectivity index (χ0) is 25.7. The van der Waals surface area contributed by atoms with E-state index in [4.69, 9.17) is 9.30 Å². The van der Waals surface area contributed by atoms with Crippen molar-refractivity contribution in [1.82, 2.24) is 4.90 Å². The number of carbonyl (C=O) groups is 2. The van der Waals surface area contributed by atoms with Gasteiger partial charge in [0.25, 0.3) is 5.91 Å². The number of rotatable bonds is 9. The molecule has 1 heterocycles. The normalized spacial score (nSPS) is 10.9. The Balaban J connectivity index is 1.49. The highest BCUT2D eigenvalue weighted by molar-refractivity contribution is 9.10. The number of unbranched alkanes of at least 4 members (excludes halogenated alkanes) is 1. The molecule has 0 radical (unpaired) electrons. The summed E-state index contributed by atoms with van der Waals surface area (Å²) in [5, 5.41) is 0.863. The van der Waals surface area contributed by atoms with Crippen molar-refractivity contribution < 1.29 is 23.8 Å². The summed E-state index contributed by atoms with van der Waals surface area (Å²) < 4.78 is 6.72. The van der Waals surface area contributed by atoms with E-state index in [1.165, 1.54) is 6.92 Å². The second kappa shape index (κ2) is 11.4. The van der Waals surface area contributed by atoms with Crippen LogP contribution in [0.5, 0.6) is 5.75 Å². The Bertz CT molecular complexity index is 1380. The maximum Gasteiger partial charge on any atom is 0.352 e. The van der Waals surface area contributed by atoms with E-state index in [2.05, 4.69) is 27.7 Å². The summed E-state index contributed by atoms with van der Waals surface area (Å²) >= 11 is 3.45. The number of amides is 1. The molecule has 0 N–H and O–H groups in total. The molecule has 0 atom stereocenters. The van der Waals surface area contributed by atoms with Crippen molar-refractivity contribution in [2.45, 2.75) is 39.7 Å². The molecule has 0 aliphatic carbocycles. The van der Waals surface area contributed by atoms with E-state index in [9.17, 15) is 9.59 Å². The lowest BCUT2D eigenvalue weighted by Gasteiger charge is -2.18. The van der Waals surface area contributed by atoms with Gasteiger partial charge in [0.05, 0.1) is 10.0 Å². The van der Waals surface area contributed by atoms with Gasteiger partial charge in [-0.05, 0) is 57.2 Å². The molecule has 4 rings (SSSR count). The lowest BCUT2D eigenvalue weighted by Crippen LogP contribution is -2.26. The summed E-state index contributed by atoms with van der Waals surface area (Å²) in [7, 11) is 1.82. The predicted molar refractivity (Wildman–Crippen MR) is 143 cm³/mol. The first-order valence-electron chi connectivity index (χ1n) is 11.9. The third-order valence-electron chi connectivity index (χ3n) is 5.87. The van der Waals surface area contributed by atoms with Crippen molar-refractivity contribution in [3.8, 4) is 16.9 Å². The van der Waals surface area contributed by atoms with Crippen LogP contribution in [0.15, 0.2) is 75.6 Å². The molecular weight excluding hydrogens is 522 g/mol. The minimum absolute atomic E-state index is 0.0394. The topological polar surface area (TPSA) is 69.0 Å². The Labute approximate surface area is 218 Å². The van der Waals surface area contributed by atoms with Gasteiger partial charge in [-0.2, -0.15) is 0 Å². The molecule has 0 unspecified atom stereocenters. The molecule has 0 bridgehead atoms. The average Bonchev–Trinajstić information content (AvgIpc) is 3.24. The fourth-order valence-corrected chi connectivity index (χ4v) is 4.48. The number of halogens is 1. The molecule has 186 valence electrons. The van der Waals surface area contributed by atoms with Crippen molar-refractivity contribution in [2.75, 3.05) is 7.05 Å². The number of benzene rings is 3. The van der Waals surface area contributed by atoms with Gasteiger partial charge < -0.3 is 9.32 Å². The van der Waals surface area contributed by atoms with Gasteiger partial charge in [-0.3, -0.25) is 14.6 Å². The van der Waals surface area contributed by atoms with Crippen LogP contribution in [-0.2, 0) is 22.6 Å². The number of para-hydroxylation sites is 1. The van der Waals surface area contributed by atoms with Crippen LogP contribution in [0.1, 0.15) is 48.4 Å². The van der Waals surface area contributed by atoms with E-state index in [1.54, 1.807) is 11.0 Å². The lowest BCUT2D eigenvalue weighted by atomic mass is 10.0. The highest BCUT2D eigenvalue weighted by Crippen LogP contribution is 2.32. The first-order valence-corrected chi connectivity index (χ1v) is 12.7. The Kier molecular flexibility index (Phi) is 8.10. The maximum atomic E-state index is 13.5. The molecule has 0 aliphatic rings. The Morgan fingerprint density at radius 2 is 1.72 bits per heavy atom. The molecule has 3 aromatic carbocycles. The van der Waals surface area contributed by atoms with Crippen LogP contribution >= 0.6 is 15.9 Å². The zero-order valence-corrected chi connectivity index (χ0v) is 22.1. The van der Waals surface area contributed by atoms with Crippen LogP contribution in [0.25, 0.3) is 22.1 Å². The lowest BCUT2D eigenvalue weighted by molar-refractivity contribution is -0.211. The molecule has 6 nitrogen and oxygen atoms in total. The third-order valence-corrected chi connectivity index (χ3v) is 6.49. The third kappa shape index (κ3) is 5.79. The first kappa shape index (κ1) is 25.5. The van der Waals surface area contributed by atoms with Crippen molar-refractivity contribution in [3.63, 3.8) is 0 Å². The molecule has 1 aromatic heterocycles. The van der Waals surface area contributed by atoms with Crippen molar-refractivity contribution in [1.29, 1.82) is 0 Å². The highest BCUT2D eigenvalue weighted by Gasteiger charge is 2.23. The maximum absolute atomic E-state index is 13.5. The van der Waals surface area contributed by atoms with E-state index in [0.717, 1.165) is 52.7 Å². The van der Waals surface area contributed by atoms with E-state index in [0.29, 0.717) is 22.3 Å². The molecule has 7 heteroatoms. The van der Waals surface area contributed by atoms with E-state index in [-0.39, 0.29) is 5.91 Å². The number of carbonyl (C=O) groups excluding carboxylic acids is 2. The summed E-state index contributed by atoms with van der Waals surface area (Å²) in [5.41, 5.74) is 4.42. The van der Waals surface area contributed by atoms with Gasteiger partial charge in [-0.25, -0.2) is 4.79 Å². The molecule has 1 amide bonds. The van der Waals surface area contributed by atoms with Gasteiger partial charge in [0.2, 0.25) is 0 Å². The number of furan rings is 1. The Morgan fingerprint density at radius 3 is 2.42 bits per heavy atom. The van der Waals surface area contributed by atoms with Gasteiger partial charge in [-0.1, -0.05) is 61.9 Å². The van der Waals surface area contributed by atoms with Crippen molar-refractivity contribution >= 4 is 38.8 Å². The van der Waals surface area contributed by atoms with E-state index in [1.807, 2.05) is 67.7 Å². The summed E-state index contributed by atoms with van der Waals surface area (Å²) in [6, 6.07) is 21.3. The minimum Gasteiger partial charge on any atom is -0.460 e. The van der Waals surface area contributed by atoms with Crippen molar-refractivity contribution in [3.05, 3.63) is 88.1 Å². The largest absolute Gasteiger partial charge is 0.460 e. The molecule has 0 aliphatic heterocycles. The molecule has 0 spiro atoms. The SMILES string of the molecule is CCCCc1oc2ccccc2c1C(=O)N(C)Cc1ccc(-c2ccc(OOC(C)=O)c(Br)c2)cc1. The van der Waals surface area contributed by atoms with E-state index >= 15 is 0 Å². The van der Waals surface area contributed by atoms with Crippen LogP contribution < -0.4 is 4.89 Å². The number of aryl methyl sites for hydroxylation is 1. The average molecular weight is 550 g/mol. The predicted octanol–water partition coefficient (Wildman–Crippen LogP) is 7.33. The van der Waals surface area contributed by atoms with Gasteiger partial charge in [0, 0.05) is 32.3 Å². The minimum atomic E-state index is -0.525. The first-order chi connectivity index (χ1) is 17.4. The highest BCUT2D eigenvalue weighted by atomic mass is 79.9. The standard InChI is InChI=1S/C29H28BrNO5/c1-4-5-9-27-28(23-8-6-7-10-25(23)34-27)29(33)31(3)18-20-11-13-21(14-12-20)22-15-16-26(24(30)17-22)36-35-19(2)32/h6-8,10-17H,4-5,9,18H2,1-3H3. The molecule has 0 fully saturated rings. The molecule has 36 heavy (non-hydrogen) atoms. The fraction of sp³-hybridized carbons (Fsp3) is 0.241. The summed E-state index contributed by atoms with van der Waals surface area (Å²) in [5.74, 6) is 0.610. The summed E-state index contributed by atoms with van der Waals surface area (Å²) in [6.45, 7) is 3.88. The monoisotopic (exact) mass is 549 g/mol. The van der Waals surface area contributed by atoms with E-state index < -0.39 is 5.97 Å². The molecule has 4 aromatic rings. The fourth-order valence-electron chi connectivity index (χ4n) is 4.03. The number of hydrogen-bond acceptors (Lipinski definition) is 5. The van der Waals surface area contributed by atoms with Gasteiger partial charge >= 0.3 is 5.97 Å². The van der Waals surface area contributed by atoms with Crippen molar-refractivity contribution in [2.24, 2.45) is 0 Å². The van der Waals surface area contributed by atoms with Crippen LogP contribution in [0.3, 0.4) is 0 Å². The Morgan fingerprint density at radius 1 is 1.00 bits per heavy atom. The summed E-state index contributed by atoms with van der Waals surface area (Å²) in [6.07, 6.45) is 2.75. The van der Waals surface area contributed by atoms with Crippen LogP contribution in [0.4, 0.5) is 0 Å². The van der Waals surface area contributed by atoms with Crippen LogP contribution in [0.2, 0.25) is 0 Å².